The number of aromatic nitrogens is 4. The number of carboxylic acid groups (broad SMARTS) is 1. The van der Waals surface area contributed by atoms with Gasteiger partial charge in [-0.2, -0.15) is 0 Å². The Morgan fingerprint density at radius 2 is 2.19 bits per heavy atom. The molecule has 0 unspecified atom stereocenters. The number of thioether (sulfide) groups is 1. The molecule has 6 nitrogen and oxygen atoms in total. The molecule has 2 aromatic heterocycles. The van der Waals surface area contributed by atoms with Crippen LogP contribution in [-0.2, 0) is 5.75 Å². The van der Waals surface area contributed by atoms with Crippen molar-refractivity contribution in [2.24, 2.45) is 0 Å². The summed E-state index contributed by atoms with van der Waals surface area (Å²) in [5, 5.41) is 9.80. The van der Waals surface area contributed by atoms with Gasteiger partial charge in [-0.3, -0.25) is 0 Å². The molecule has 0 aliphatic heterocycles. The summed E-state index contributed by atoms with van der Waals surface area (Å²) >= 11 is 1.57. The van der Waals surface area contributed by atoms with Crippen LogP contribution in [0.25, 0.3) is 11.2 Å². The van der Waals surface area contributed by atoms with E-state index in [1.54, 1.807) is 30.2 Å². The summed E-state index contributed by atoms with van der Waals surface area (Å²) in [5.74, 6) is -0.205. The van der Waals surface area contributed by atoms with Crippen LogP contribution < -0.4 is 0 Å². The maximum Gasteiger partial charge on any atom is 0.335 e. The van der Waals surface area contributed by atoms with E-state index in [4.69, 9.17) is 5.11 Å². The van der Waals surface area contributed by atoms with Crippen LogP contribution in [0.2, 0.25) is 0 Å². The first-order chi connectivity index (χ1) is 10.1. The van der Waals surface area contributed by atoms with E-state index in [0.29, 0.717) is 17.0 Å². The molecule has 0 spiro atoms. The first-order valence-corrected chi connectivity index (χ1v) is 7.23. The molecule has 0 saturated carbocycles. The van der Waals surface area contributed by atoms with Crippen LogP contribution in [0.4, 0.5) is 0 Å². The number of benzene rings is 1. The lowest BCUT2D eigenvalue weighted by atomic mass is 10.1. The molecule has 0 saturated heterocycles. The normalized spacial score (nSPS) is 10.9. The molecule has 7 heteroatoms. The fraction of sp³-hybridized carbons (Fsp3) is 0.143. The second-order valence-corrected chi connectivity index (χ2v) is 5.48. The Bertz CT molecular complexity index is 816. The van der Waals surface area contributed by atoms with Crippen molar-refractivity contribution in [2.75, 3.05) is 0 Å². The summed E-state index contributed by atoms with van der Waals surface area (Å²) in [4.78, 5) is 26.4. The molecule has 3 aromatic rings. The summed E-state index contributed by atoms with van der Waals surface area (Å²) in [6.45, 7) is 1.91. The van der Waals surface area contributed by atoms with Crippen molar-refractivity contribution >= 4 is 28.9 Å². The topological polar surface area (TPSA) is 91.8 Å². The molecule has 0 aliphatic carbocycles. The molecule has 2 heterocycles. The zero-order valence-electron chi connectivity index (χ0n) is 11.2. The number of fused-ring (bicyclic) bond motifs is 1. The summed E-state index contributed by atoms with van der Waals surface area (Å²) in [6.07, 6.45) is 3.09. The standard InChI is InChI=1S/C14H12N4O2S/c1-8-4-9(14(19)20)2-3-10(8)5-21-13-11-12(16-6-15-11)17-7-18-13/h2-4,6-7H,5H2,1H3,(H,19,20)(H,15,16,17,18). The summed E-state index contributed by atoms with van der Waals surface area (Å²) in [7, 11) is 0. The quantitative estimate of drug-likeness (QED) is 0.568. The van der Waals surface area contributed by atoms with Gasteiger partial charge in [0.1, 0.15) is 16.9 Å². The lowest BCUT2D eigenvalue weighted by Gasteiger charge is -2.06. The Morgan fingerprint density at radius 3 is 2.95 bits per heavy atom. The monoisotopic (exact) mass is 300 g/mol. The van der Waals surface area contributed by atoms with Gasteiger partial charge in [0.2, 0.25) is 0 Å². The van der Waals surface area contributed by atoms with Gasteiger partial charge in [-0.25, -0.2) is 19.7 Å². The number of rotatable bonds is 4. The Hall–Kier alpha value is -2.41. The molecule has 0 atom stereocenters. The number of hydrogen-bond donors (Lipinski definition) is 2. The number of carboxylic acids is 1. The van der Waals surface area contributed by atoms with Crippen molar-refractivity contribution in [3.63, 3.8) is 0 Å². The lowest BCUT2D eigenvalue weighted by Crippen LogP contribution is -1.98. The number of aromatic carboxylic acids is 1. The SMILES string of the molecule is Cc1cc(C(=O)O)ccc1CSc1ncnc2nc[nH]c12. The van der Waals surface area contributed by atoms with Crippen molar-refractivity contribution < 1.29 is 9.90 Å². The van der Waals surface area contributed by atoms with Crippen LogP contribution >= 0.6 is 11.8 Å². The van der Waals surface area contributed by atoms with E-state index in [1.165, 1.54) is 6.33 Å². The number of hydrogen-bond acceptors (Lipinski definition) is 5. The number of carbonyl (C=O) groups is 1. The highest BCUT2D eigenvalue weighted by molar-refractivity contribution is 7.98. The average molecular weight is 300 g/mol. The van der Waals surface area contributed by atoms with E-state index in [2.05, 4.69) is 19.9 Å². The van der Waals surface area contributed by atoms with Crippen molar-refractivity contribution in [3.8, 4) is 0 Å². The zero-order chi connectivity index (χ0) is 14.8. The summed E-state index contributed by atoms with van der Waals surface area (Å²) < 4.78 is 0. The van der Waals surface area contributed by atoms with Crippen molar-refractivity contribution in [2.45, 2.75) is 17.7 Å². The molecule has 0 bridgehead atoms. The highest BCUT2D eigenvalue weighted by Crippen LogP contribution is 2.26. The molecule has 0 amide bonds. The van der Waals surface area contributed by atoms with Crippen LogP contribution in [0.1, 0.15) is 21.5 Å². The largest absolute Gasteiger partial charge is 0.478 e. The van der Waals surface area contributed by atoms with Crippen LogP contribution in [0, 0.1) is 6.92 Å². The minimum absolute atomic E-state index is 0.305. The maximum absolute atomic E-state index is 10.9. The Balaban J connectivity index is 1.82. The number of nitrogens with one attached hydrogen (secondary N) is 1. The van der Waals surface area contributed by atoms with Gasteiger partial charge in [0.25, 0.3) is 0 Å². The van der Waals surface area contributed by atoms with Gasteiger partial charge in [-0.05, 0) is 30.2 Å². The van der Waals surface area contributed by atoms with E-state index in [9.17, 15) is 4.79 Å². The summed E-state index contributed by atoms with van der Waals surface area (Å²) in [5.41, 5.74) is 3.81. The van der Waals surface area contributed by atoms with Crippen LogP contribution in [0.3, 0.4) is 0 Å². The Morgan fingerprint density at radius 1 is 1.33 bits per heavy atom. The molecular weight excluding hydrogens is 288 g/mol. The van der Waals surface area contributed by atoms with Crippen molar-refractivity contribution in [3.05, 3.63) is 47.5 Å². The third-order valence-electron chi connectivity index (χ3n) is 3.14. The van der Waals surface area contributed by atoms with Crippen LogP contribution in [-0.4, -0.2) is 31.0 Å². The van der Waals surface area contributed by atoms with Crippen LogP contribution in [0.15, 0.2) is 35.9 Å². The number of H-pyrrole nitrogens is 1. The van der Waals surface area contributed by atoms with E-state index in [0.717, 1.165) is 21.7 Å². The fourth-order valence-electron chi connectivity index (χ4n) is 1.99. The number of aromatic amines is 1. The van der Waals surface area contributed by atoms with Gasteiger partial charge in [0, 0.05) is 5.75 Å². The highest BCUT2D eigenvalue weighted by Gasteiger charge is 2.09. The van der Waals surface area contributed by atoms with Crippen molar-refractivity contribution in [1.29, 1.82) is 0 Å². The third-order valence-corrected chi connectivity index (χ3v) is 4.18. The predicted molar refractivity (Wildman–Crippen MR) is 79.4 cm³/mol. The van der Waals surface area contributed by atoms with Gasteiger partial charge < -0.3 is 10.1 Å². The van der Waals surface area contributed by atoms with E-state index in [-0.39, 0.29) is 0 Å². The van der Waals surface area contributed by atoms with Crippen molar-refractivity contribution in [1.82, 2.24) is 19.9 Å². The Labute approximate surface area is 124 Å². The van der Waals surface area contributed by atoms with E-state index < -0.39 is 5.97 Å². The molecule has 106 valence electrons. The van der Waals surface area contributed by atoms with E-state index >= 15 is 0 Å². The Kier molecular flexibility index (Phi) is 3.57. The second kappa shape index (κ2) is 5.53. The summed E-state index contributed by atoms with van der Waals surface area (Å²) in [6, 6.07) is 5.15. The maximum atomic E-state index is 10.9. The lowest BCUT2D eigenvalue weighted by molar-refractivity contribution is 0.0697. The second-order valence-electron chi connectivity index (χ2n) is 4.52. The van der Waals surface area contributed by atoms with Gasteiger partial charge >= 0.3 is 5.97 Å². The molecule has 0 aliphatic rings. The fourth-order valence-corrected chi connectivity index (χ4v) is 3.02. The molecule has 1 aromatic carbocycles. The van der Waals surface area contributed by atoms with Gasteiger partial charge in [-0.15, -0.1) is 0 Å². The highest BCUT2D eigenvalue weighted by atomic mass is 32.2. The molecule has 0 radical (unpaired) electrons. The van der Waals surface area contributed by atoms with E-state index in [1.807, 2.05) is 13.0 Å². The minimum atomic E-state index is -0.910. The molecule has 3 rings (SSSR count). The molecule has 2 N–H and O–H groups in total. The third kappa shape index (κ3) is 2.73. The smallest absolute Gasteiger partial charge is 0.335 e. The molecule has 0 fully saturated rings. The van der Waals surface area contributed by atoms with Gasteiger partial charge in [0.15, 0.2) is 5.65 Å². The zero-order valence-corrected chi connectivity index (χ0v) is 12.0. The van der Waals surface area contributed by atoms with Gasteiger partial charge in [0.05, 0.1) is 11.9 Å². The van der Waals surface area contributed by atoms with Crippen LogP contribution in [0.5, 0.6) is 0 Å². The number of aryl methyl sites for hydroxylation is 1. The van der Waals surface area contributed by atoms with Gasteiger partial charge in [-0.1, -0.05) is 17.8 Å². The predicted octanol–water partition coefficient (Wildman–Crippen LogP) is 2.65. The molecular formula is C14H12N4O2S. The first kappa shape index (κ1) is 13.6. The number of imidazole rings is 1. The molecule has 21 heavy (non-hydrogen) atoms. The minimum Gasteiger partial charge on any atom is -0.478 e. The number of nitrogens with zero attached hydrogens (tertiary/aromatic N) is 3. The average Bonchev–Trinajstić information content (AvgIpc) is 2.94. The first-order valence-electron chi connectivity index (χ1n) is 6.25.